The van der Waals surface area contributed by atoms with Crippen molar-refractivity contribution in [1.29, 1.82) is 0 Å². The van der Waals surface area contributed by atoms with Crippen molar-refractivity contribution in [2.45, 2.75) is 12.9 Å². The zero-order chi connectivity index (χ0) is 12.5. The fourth-order valence-corrected chi connectivity index (χ4v) is 1.54. The minimum absolute atomic E-state index is 0.214. The molecule has 0 unspecified atom stereocenters. The molecule has 1 aromatic heterocycles. The molecule has 6 heteroatoms. The van der Waals surface area contributed by atoms with Gasteiger partial charge in [-0.3, -0.25) is 0 Å². The molecule has 0 amide bonds. The number of benzene rings is 1. The lowest BCUT2D eigenvalue weighted by Crippen LogP contribution is -2.18. The Morgan fingerprint density at radius 3 is 2.65 bits per heavy atom. The van der Waals surface area contributed by atoms with Gasteiger partial charge in [0.2, 0.25) is 0 Å². The maximum Gasteiger partial charge on any atom is 0.411 e. The molecule has 2 nitrogen and oxygen atoms in total. The predicted molar refractivity (Wildman–Crippen MR) is 53.9 cm³/mol. The number of rotatable bonds is 3. The molecule has 0 atom stereocenters. The molecule has 0 bridgehead atoms. The van der Waals surface area contributed by atoms with E-state index in [4.69, 9.17) is 0 Å². The summed E-state index contributed by atoms with van der Waals surface area (Å²) in [4.78, 5) is 0. The lowest BCUT2D eigenvalue weighted by molar-refractivity contribution is -0.181. The van der Waals surface area contributed by atoms with Gasteiger partial charge in [-0.15, -0.1) is 0 Å². The first-order chi connectivity index (χ1) is 7.96. The molecular weight excluding hydrogens is 238 g/mol. The molecule has 2 rings (SSSR count). The van der Waals surface area contributed by atoms with Gasteiger partial charge < -0.3 is 9.30 Å². The second-order valence-corrected chi connectivity index (χ2v) is 3.58. The number of fused-ring (bicyclic) bond motifs is 1. The smallest absolute Gasteiger partial charge is 0.351 e. The highest BCUT2D eigenvalue weighted by atomic mass is 19.4. The molecule has 0 aliphatic carbocycles. The van der Waals surface area contributed by atoms with E-state index in [-0.39, 0.29) is 12.5 Å². The molecule has 0 saturated heterocycles. The summed E-state index contributed by atoms with van der Waals surface area (Å²) in [6, 6.07) is 5.69. The van der Waals surface area contributed by atoms with Crippen LogP contribution in [0.3, 0.4) is 0 Å². The van der Waals surface area contributed by atoms with E-state index in [9.17, 15) is 17.6 Å². The van der Waals surface area contributed by atoms with Gasteiger partial charge in [-0.2, -0.15) is 13.2 Å². The largest absolute Gasteiger partial charge is 0.411 e. The van der Waals surface area contributed by atoms with Crippen LogP contribution in [0.2, 0.25) is 0 Å². The average molecular weight is 247 g/mol. The molecule has 0 fully saturated rings. The van der Waals surface area contributed by atoms with Gasteiger partial charge in [-0.25, -0.2) is 4.39 Å². The van der Waals surface area contributed by atoms with E-state index in [0.717, 1.165) is 0 Å². The summed E-state index contributed by atoms with van der Waals surface area (Å²) in [6.45, 7) is -1.51. The van der Waals surface area contributed by atoms with Crippen molar-refractivity contribution >= 4 is 10.9 Å². The zero-order valence-electron chi connectivity index (χ0n) is 8.67. The highest BCUT2D eigenvalue weighted by molar-refractivity contribution is 5.80. The van der Waals surface area contributed by atoms with E-state index in [2.05, 4.69) is 4.74 Å². The molecular formula is C11H9F4NO. The van der Waals surface area contributed by atoms with E-state index in [0.29, 0.717) is 10.9 Å². The molecule has 0 radical (unpaired) electrons. The number of aromatic nitrogens is 1. The van der Waals surface area contributed by atoms with E-state index in [1.54, 1.807) is 12.3 Å². The highest BCUT2D eigenvalue weighted by Crippen LogP contribution is 2.18. The lowest BCUT2D eigenvalue weighted by atomic mass is 10.2. The summed E-state index contributed by atoms with van der Waals surface area (Å²) in [5, 5.41) is 0.626. The van der Waals surface area contributed by atoms with Crippen LogP contribution in [0.4, 0.5) is 17.6 Å². The molecule has 2 aromatic rings. The first-order valence-corrected chi connectivity index (χ1v) is 4.84. The maximum absolute atomic E-state index is 12.9. The Balaban J connectivity index is 2.09. The molecule has 0 aliphatic rings. The summed E-state index contributed by atoms with van der Waals surface area (Å²) >= 11 is 0. The SMILES string of the molecule is Fc1ccc2c(ccn2COCC(F)(F)F)c1. The van der Waals surface area contributed by atoms with Crippen LogP contribution in [0.25, 0.3) is 10.9 Å². The number of halogens is 4. The van der Waals surface area contributed by atoms with Crippen LogP contribution in [0, 0.1) is 5.82 Å². The Morgan fingerprint density at radius 1 is 1.18 bits per heavy atom. The molecule has 17 heavy (non-hydrogen) atoms. The second-order valence-electron chi connectivity index (χ2n) is 3.58. The minimum Gasteiger partial charge on any atom is -0.351 e. The molecule has 1 heterocycles. The topological polar surface area (TPSA) is 14.2 Å². The van der Waals surface area contributed by atoms with Gasteiger partial charge in [0.15, 0.2) is 0 Å². The first kappa shape index (κ1) is 11.9. The van der Waals surface area contributed by atoms with Gasteiger partial charge in [-0.1, -0.05) is 0 Å². The zero-order valence-corrected chi connectivity index (χ0v) is 8.67. The van der Waals surface area contributed by atoms with Crippen LogP contribution in [0.5, 0.6) is 0 Å². The van der Waals surface area contributed by atoms with Crippen LogP contribution in [0.15, 0.2) is 30.5 Å². The molecule has 0 N–H and O–H groups in total. The summed E-state index contributed by atoms with van der Waals surface area (Å²) in [5.41, 5.74) is 0.633. The van der Waals surface area contributed by atoms with Gasteiger partial charge in [0.25, 0.3) is 0 Å². The van der Waals surface area contributed by atoms with Crippen LogP contribution < -0.4 is 0 Å². The summed E-state index contributed by atoms with van der Waals surface area (Å²) in [6.07, 6.45) is -2.78. The Kier molecular flexibility index (Phi) is 3.06. The molecule has 1 aromatic carbocycles. The Bertz CT molecular complexity index is 518. The minimum atomic E-state index is -4.34. The van der Waals surface area contributed by atoms with Crippen molar-refractivity contribution in [3.63, 3.8) is 0 Å². The van der Waals surface area contributed by atoms with Crippen LogP contribution in [-0.2, 0) is 11.5 Å². The maximum atomic E-state index is 12.9. The first-order valence-electron chi connectivity index (χ1n) is 4.84. The predicted octanol–water partition coefficient (Wildman–Crippen LogP) is 3.32. The Hall–Kier alpha value is -1.56. The van der Waals surface area contributed by atoms with Crippen molar-refractivity contribution in [3.8, 4) is 0 Å². The number of nitrogens with zero attached hydrogens (tertiary/aromatic N) is 1. The van der Waals surface area contributed by atoms with Crippen LogP contribution in [0.1, 0.15) is 0 Å². The van der Waals surface area contributed by atoms with E-state index >= 15 is 0 Å². The van der Waals surface area contributed by atoms with Crippen LogP contribution in [-0.4, -0.2) is 17.4 Å². The van der Waals surface area contributed by atoms with Crippen molar-refractivity contribution < 1.29 is 22.3 Å². The summed E-state index contributed by atoms with van der Waals surface area (Å²) in [5.74, 6) is -0.383. The lowest BCUT2D eigenvalue weighted by Gasteiger charge is -2.09. The average Bonchev–Trinajstić information content (AvgIpc) is 2.59. The normalized spacial score (nSPS) is 12.2. The summed E-state index contributed by atoms with van der Waals surface area (Å²) in [7, 11) is 0. The number of hydrogen-bond donors (Lipinski definition) is 0. The van der Waals surface area contributed by atoms with Gasteiger partial charge in [0.05, 0.1) is 5.52 Å². The van der Waals surface area contributed by atoms with Gasteiger partial charge in [0, 0.05) is 11.6 Å². The van der Waals surface area contributed by atoms with Crippen molar-refractivity contribution in [2.24, 2.45) is 0 Å². The monoisotopic (exact) mass is 247 g/mol. The van der Waals surface area contributed by atoms with Crippen molar-refractivity contribution in [2.75, 3.05) is 6.61 Å². The van der Waals surface area contributed by atoms with E-state index in [1.807, 2.05) is 0 Å². The van der Waals surface area contributed by atoms with Crippen LogP contribution >= 0.6 is 0 Å². The molecule has 0 saturated carbocycles. The second kappa shape index (κ2) is 4.37. The fraction of sp³-hybridized carbons (Fsp3) is 0.273. The molecule has 0 spiro atoms. The standard InChI is InChI=1S/C11H9F4NO/c12-9-1-2-10-8(5-9)3-4-16(10)7-17-6-11(13,14)15/h1-5H,6-7H2. The fourth-order valence-electron chi connectivity index (χ4n) is 1.54. The third-order valence-corrected chi connectivity index (χ3v) is 2.23. The van der Waals surface area contributed by atoms with Crippen molar-refractivity contribution in [1.82, 2.24) is 4.57 Å². The van der Waals surface area contributed by atoms with Crippen molar-refractivity contribution in [3.05, 3.63) is 36.3 Å². The van der Waals surface area contributed by atoms with Gasteiger partial charge >= 0.3 is 6.18 Å². The summed E-state index contributed by atoms with van der Waals surface area (Å²) < 4.78 is 54.5. The quantitative estimate of drug-likeness (QED) is 0.759. The number of alkyl halides is 3. The Morgan fingerprint density at radius 2 is 1.94 bits per heavy atom. The van der Waals surface area contributed by atoms with Gasteiger partial charge in [0.1, 0.15) is 19.2 Å². The number of hydrogen-bond acceptors (Lipinski definition) is 1. The van der Waals surface area contributed by atoms with E-state index < -0.39 is 12.8 Å². The number of ether oxygens (including phenoxy) is 1. The van der Waals surface area contributed by atoms with Gasteiger partial charge in [-0.05, 0) is 24.3 Å². The highest BCUT2D eigenvalue weighted by Gasteiger charge is 2.27. The third-order valence-electron chi connectivity index (χ3n) is 2.23. The van der Waals surface area contributed by atoms with E-state index in [1.165, 1.54) is 22.8 Å². The Labute approximate surface area is 94.4 Å². The third kappa shape index (κ3) is 2.97. The molecule has 92 valence electrons. The molecule has 0 aliphatic heterocycles.